The molecular formula is C14H13N5OS. The van der Waals surface area contributed by atoms with Gasteiger partial charge in [-0.05, 0) is 47.2 Å². The van der Waals surface area contributed by atoms with Gasteiger partial charge < -0.3 is 0 Å². The molecule has 2 heterocycles. The second-order valence-corrected chi connectivity index (χ2v) is 5.87. The molecule has 2 aromatic heterocycles. The molecule has 1 unspecified atom stereocenters. The first kappa shape index (κ1) is 13.6. The zero-order valence-corrected chi connectivity index (χ0v) is 12.2. The number of hydrogen-bond donors (Lipinski definition) is 0. The molecule has 106 valence electrons. The summed E-state index contributed by atoms with van der Waals surface area (Å²) in [6.45, 7) is 1.97. The zero-order valence-electron chi connectivity index (χ0n) is 11.4. The van der Waals surface area contributed by atoms with Crippen LogP contribution in [0.3, 0.4) is 0 Å². The summed E-state index contributed by atoms with van der Waals surface area (Å²) >= 11 is 0. The largest absolute Gasteiger partial charge is 0.260 e. The van der Waals surface area contributed by atoms with Crippen molar-refractivity contribution in [3.05, 3.63) is 59.9 Å². The second-order valence-electron chi connectivity index (χ2n) is 4.52. The fourth-order valence-corrected chi connectivity index (χ4v) is 2.95. The van der Waals surface area contributed by atoms with Gasteiger partial charge in [-0.25, -0.2) is 0 Å². The van der Waals surface area contributed by atoms with Crippen LogP contribution in [0.15, 0.2) is 53.8 Å². The Labute approximate surface area is 124 Å². The molecule has 3 rings (SSSR count). The molecule has 21 heavy (non-hydrogen) atoms. The van der Waals surface area contributed by atoms with Crippen molar-refractivity contribution in [3.8, 4) is 5.69 Å². The van der Waals surface area contributed by atoms with Crippen LogP contribution >= 0.6 is 0 Å². The van der Waals surface area contributed by atoms with Gasteiger partial charge in [-0.1, -0.05) is 23.3 Å². The number of benzene rings is 1. The summed E-state index contributed by atoms with van der Waals surface area (Å²) in [5.41, 5.74) is 2.62. The first-order valence-corrected chi connectivity index (χ1v) is 7.69. The van der Waals surface area contributed by atoms with Gasteiger partial charge in [0.05, 0.1) is 27.9 Å². The van der Waals surface area contributed by atoms with Gasteiger partial charge in [-0.2, -0.15) is 4.68 Å². The van der Waals surface area contributed by atoms with E-state index in [9.17, 15) is 4.21 Å². The van der Waals surface area contributed by atoms with E-state index in [1.54, 1.807) is 6.20 Å². The van der Waals surface area contributed by atoms with Gasteiger partial charge in [0.1, 0.15) is 0 Å². The van der Waals surface area contributed by atoms with E-state index in [2.05, 4.69) is 20.5 Å². The molecule has 0 saturated heterocycles. The van der Waals surface area contributed by atoms with E-state index in [0.29, 0.717) is 5.16 Å². The topological polar surface area (TPSA) is 73.6 Å². The van der Waals surface area contributed by atoms with Crippen LogP contribution in [0.25, 0.3) is 5.69 Å². The fraction of sp³-hybridized carbons (Fsp3) is 0.143. The number of tetrazole rings is 1. The normalized spacial score (nSPS) is 12.2. The number of hydrogen-bond acceptors (Lipinski definition) is 5. The molecule has 0 amide bonds. The average Bonchev–Trinajstić information content (AvgIpc) is 2.98. The Bertz CT molecular complexity index is 772. The van der Waals surface area contributed by atoms with Gasteiger partial charge in [0, 0.05) is 6.20 Å². The summed E-state index contributed by atoms with van der Waals surface area (Å²) in [5.74, 6) is 0.287. The van der Waals surface area contributed by atoms with Crippen molar-refractivity contribution in [2.75, 3.05) is 0 Å². The van der Waals surface area contributed by atoms with E-state index < -0.39 is 10.8 Å². The van der Waals surface area contributed by atoms with Gasteiger partial charge in [0.2, 0.25) is 5.16 Å². The molecule has 1 atom stereocenters. The quantitative estimate of drug-likeness (QED) is 0.732. The van der Waals surface area contributed by atoms with Gasteiger partial charge in [-0.15, -0.1) is 0 Å². The molecule has 0 aliphatic carbocycles. The predicted octanol–water partition coefficient (Wildman–Crippen LogP) is 1.67. The Morgan fingerprint density at radius 3 is 2.76 bits per heavy atom. The molecule has 0 bridgehead atoms. The van der Waals surface area contributed by atoms with Crippen molar-refractivity contribution in [1.82, 2.24) is 25.2 Å². The lowest BCUT2D eigenvalue weighted by Crippen LogP contribution is -2.08. The van der Waals surface area contributed by atoms with Gasteiger partial charge in [-0.3, -0.25) is 9.19 Å². The minimum Gasteiger partial charge on any atom is -0.260 e. The number of nitrogens with zero attached hydrogens (tertiary/aromatic N) is 5. The highest BCUT2D eigenvalue weighted by Gasteiger charge is 2.16. The lowest BCUT2D eigenvalue weighted by molar-refractivity contribution is 0.665. The van der Waals surface area contributed by atoms with Crippen LogP contribution in [-0.4, -0.2) is 29.4 Å². The van der Waals surface area contributed by atoms with Crippen molar-refractivity contribution in [2.24, 2.45) is 0 Å². The minimum atomic E-state index is -1.36. The summed E-state index contributed by atoms with van der Waals surface area (Å²) in [7, 11) is -1.36. The number of pyridine rings is 1. The summed E-state index contributed by atoms with van der Waals surface area (Å²) in [6.07, 6.45) is 1.71. The third-order valence-corrected chi connectivity index (χ3v) is 4.12. The highest BCUT2D eigenvalue weighted by Crippen LogP contribution is 2.13. The molecule has 0 radical (unpaired) electrons. The van der Waals surface area contributed by atoms with E-state index in [-0.39, 0.29) is 5.75 Å². The van der Waals surface area contributed by atoms with E-state index in [4.69, 9.17) is 0 Å². The van der Waals surface area contributed by atoms with Crippen molar-refractivity contribution in [1.29, 1.82) is 0 Å². The van der Waals surface area contributed by atoms with Crippen LogP contribution in [0.4, 0.5) is 0 Å². The molecule has 1 aromatic carbocycles. The molecule has 6 nitrogen and oxygen atoms in total. The highest BCUT2D eigenvalue weighted by atomic mass is 32.2. The maximum Gasteiger partial charge on any atom is 0.244 e. The third kappa shape index (κ3) is 3.03. The minimum absolute atomic E-state index is 0.287. The first-order chi connectivity index (χ1) is 10.2. The summed E-state index contributed by atoms with van der Waals surface area (Å²) in [4.78, 5) is 4.22. The Hall–Kier alpha value is -2.41. The monoisotopic (exact) mass is 299 g/mol. The van der Waals surface area contributed by atoms with Gasteiger partial charge in [0.25, 0.3) is 0 Å². The average molecular weight is 299 g/mol. The lowest BCUT2D eigenvalue weighted by atomic mass is 10.3. The number of para-hydroxylation sites is 1. The van der Waals surface area contributed by atoms with Crippen LogP contribution in [-0.2, 0) is 16.6 Å². The number of aromatic nitrogens is 5. The first-order valence-electron chi connectivity index (χ1n) is 6.38. The number of rotatable bonds is 4. The van der Waals surface area contributed by atoms with E-state index in [1.807, 2.05) is 49.4 Å². The SMILES string of the molecule is Cc1ccnc(CS(=O)c2nnnn2-c2ccccc2)c1. The molecule has 3 aromatic rings. The Balaban J connectivity index is 1.88. The third-order valence-electron chi connectivity index (χ3n) is 2.90. The Morgan fingerprint density at radius 2 is 2.00 bits per heavy atom. The maximum atomic E-state index is 12.5. The van der Waals surface area contributed by atoms with E-state index in [1.165, 1.54) is 4.68 Å². The second kappa shape index (κ2) is 5.92. The van der Waals surface area contributed by atoms with E-state index in [0.717, 1.165) is 16.9 Å². The van der Waals surface area contributed by atoms with Crippen LogP contribution in [0.5, 0.6) is 0 Å². The van der Waals surface area contributed by atoms with Crippen LogP contribution < -0.4 is 0 Å². The molecule has 7 heteroatoms. The Morgan fingerprint density at radius 1 is 1.19 bits per heavy atom. The van der Waals surface area contributed by atoms with Gasteiger partial charge >= 0.3 is 0 Å². The van der Waals surface area contributed by atoms with Crippen molar-refractivity contribution in [2.45, 2.75) is 17.8 Å². The standard InChI is InChI=1S/C14H13N5OS/c1-11-7-8-15-12(9-11)10-21(20)14-16-17-18-19(14)13-5-3-2-4-6-13/h2-9H,10H2,1H3. The lowest BCUT2D eigenvalue weighted by Gasteiger charge is -2.04. The molecular weight excluding hydrogens is 286 g/mol. The fourth-order valence-electron chi connectivity index (χ4n) is 1.93. The van der Waals surface area contributed by atoms with Crippen LogP contribution in [0.1, 0.15) is 11.3 Å². The van der Waals surface area contributed by atoms with E-state index >= 15 is 0 Å². The van der Waals surface area contributed by atoms with Crippen LogP contribution in [0.2, 0.25) is 0 Å². The summed E-state index contributed by atoms with van der Waals surface area (Å²) in [6, 6.07) is 13.2. The molecule has 0 fully saturated rings. The molecule has 0 aliphatic heterocycles. The van der Waals surface area contributed by atoms with Crippen molar-refractivity contribution >= 4 is 10.8 Å². The number of aryl methyl sites for hydroxylation is 1. The molecule has 0 spiro atoms. The summed E-state index contributed by atoms with van der Waals surface area (Å²) in [5, 5.41) is 11.7. The van der Waals surface area contributed by atoms with Crippen molar-refractivity contribution < 1.29 is 4.21 Å². The van der Waals surface area contributed by atoms with Crippen molar-refractivity contribution in [3.63, 3.8) is 0 Å². The van der Waals surface area contributed by atoms with Gasteiger partial charge in [0.15, 0.2) is 0 Å². The smallest absolute Gasteiger partial charge is 0.244 e. The highest BCUT2D eigenvalue weighted by molar-refractivity contribution is 7.84. The zero-order chi connectivity index (χ0) is 14.7. The Kier molecular flexibility index (Phi) is 3.83. The predicted molar refractivity (Wildman–Crippen MR) is 78.2 cm³/mol. The maximum absolute atomic E-state index is 12.5. The molecule has 0 aliphatic rings. The van der Waals surface area contributed by atoms with Crippen LogP contribution in [0, 0.1) is 6.92 Å². The molecule has 0 saturated carbocycles. The summed E-state index contributed by atoms with van der Waals surface area (Å²) < 4.78 is 14.0. The molecule has 0 N–H and O–H groups in total.